The number of anilines is 1. The summed E-state index contributed by atoms with van der Waals surface area (Å²) in [5, 5.41) is 9.00. The van der Waals surface area contributed by atoms with E-state index in [1.165, 1.54) is 0 Å². The van der Waals surface area contributed by atoms with Crippen molar-refractivity contribution in [2.24, 2.45) is 0 Å². The molecule has 96 valence electrons. The lowest BCUT2D eigenvalue weighted by Gasteiger charge is -2.19. The molecule has 2 N–H and O–H groups in total. The van der Waals surface area contributed by atoms with Gasteiger partial charge in [0.15, 0.2) is 0 Å². The Morgan fingerprint density at radius 3 is 2.94 bits per heavy atom. The number of hydrogen-bond donors (Lipinski definition) is 1. The maximum atomic E-state index is 9.00. The fraction of sp³-hybridized carbons (Fsp3) is 0.500. The van der Waals surface area contributed by atoms with E-state index in [9.17, 15) is 0 Å². The zero-order valence-electron chi connectivity index (χ0n) is 10.8. The highest BCUT2D eigenvalue weighted by molar-refractivity contribution is 5.53. The monoisotopic (exact) mass is 246 g/mol. The Bertz CT molecular complexity index is 477. The van der Waals surface area contributed by atoms with Gasteiger partial charge in [0, 0.05) is 5.69 Å². The number of rotatable bonds is 3. The molecule has 0 aromatic heterocycles. The van der Waals surface area contributed by atoms with E-state index in [0.717, 1.165) is 12.8 Å². The summed E-state index contributed by atoms with van der Waals surface area (Å²) < 4.78 is 11.5. The third-order valence-corrected chi connectivity index (χ3v) is 3.10. The average molecular weight is 246 g/mol. The Balaban J connectivity index is 1.97. The maximum Gasteiger partial charge on any atom is 0.137 e. The van der Waals surface area contributed by atoms with Crippen molar-refractivity contribution in [3.63, 3.8) is 0 Å². The Hall–Kier alpha value is -1.73. The van der Waals surface area contributed by atoms with Gasteiger partial charge in [-0.05, 0) is 44.9 Å². The van der Waals surface area contributed by atoms with Crippen molar-refractivity contribution >= 4 is 5.69 Å². The molecule has 0 amide bonds. The van der Waals surface area contributed by atoms with Gasteiger partial charge < -0.3 is 15.2 Å². The summed E-state index contributed by atoms with van der Waals surface area (Å²) in [4.78, 5) is 0. The zero-order valence-corrected chi connectivity index (χ0v) is 10.8. The van der Waals surface area contributed by atoms with Crippen molar-refractivity contribution in [2.75, 3.05) is 12.3 Å². The highest BCUT2D eigenvalue weighted by Gasteiger charge is 2.31. The van der Waals surface area contributed by atoms with E-state index in [1.54, 1.807) is 18.2 Å². The van der Waals surface area contributed by atoms with Crippen LogP contribution >= 0.6 is 0 Å². The molecule has 0 aliphatic carbocycles. The molecule has 1 fully saturated rings. The smallest absolute Gasteiger partial charge is 0.137 e. The van der Waals surface area contributed by atoms with Crippen LogP contribution in [0.5, 0.6) is 5.75 Å². The lowest BCUT2D eigenvalue weighted by atomic mass is 10.1. The van der Waals surface area contributed by atoms with E-state index in [-0.39, 0.29) is 11.7 Å². The largest absolute Gasteiger partial charge is 0.489 e. The first-order chi connectivity index (χ1) is 8.50. The van der Waals surface area contributed by atoms with Crippen LogP contribution in [0.1, 0.15) is 32.3 Å². The van der Waals surface area contributed by atoms with E-state index in [0.29, 0.717) is 23.6 Å². The van der Waals surface area contributed by atoms with Crippen LogP contribution in [0.25, 0.3) is 0 Å². The average Bonchev–Trinajstić information content (AvgIpc) is 2.67. The van der Waals surface area contributed by atoms with Crippen LogP contribution in [-0.4, -0.2) is 18.3 Å². The van der Waals surface area contributed by atoms with Crippen LogP contribution in [0.4, 0.5) is 5.69 Å². The first-order valence-corrected chi connectivity index (χ1v) is 6.10. The standard InChI is InChI=1S/C14H18N2O2/c1-14(2)6-5-12(18-14)9-17-13-4-3-11(16)7-10(13)8-15/h3-4,7,12H,5-6,9,16H2,1-2H3. The van der Waals surface area contributed by atoms with Crippen molar-refractivity contribution in [1.82, 2.24) is 0 Å². The summed E-state index contributed by atoms with van der Waals surface area (Å²) >= 11 is 0. The first kappa shape index (κ1) is 12.7. The SMILES string of the molecule is CC1(C)CCC(COc2ccc(N)cc2C#N)O1. The van der Waals surface area contributed by atoms with Crippen molar-refractivity contribution in [2.45, 2.75) is 38.4 Å². The van der Waals surface area contributed by atoms with Crippen LogP contribution in [0, 0.1) is 11.3 Å². The second-order valence-electron chi connectivity index (χ2n) is 5.22. The molecule has 4 heteroatoms. The van der Waals surface area contributed by atoms with Gasteiger partial charge in [-0.25, -0.2) is 0 Å². The molecule has 1 aromatic rings. The molecule has 1 heterocycles. The highest BCUT2D eigenvalue weighted by Crippen LogP contribution is 2.30. The predicted molar refractivity (Wildman–Crippen MR) is 69.3 cm³/mol. The molecular formula is C14H18N2O2. The van der Waals surface area contributed by atoms with E-state index in [1.807, 2.05) is 0 Å². The summed E-state index contributed by atoms with van der Waals surface area (Å²) in [6, 6.07) is 7.16. The molecule has 0 spiro atoms. The molecule has 0 bridgehead atoms. The molecule has 18 heavy (non-hydrogen) atoms. The van der Waals surface area contributed by atoms with Crippen molar-refractivity contribution in [3.05, 3.63) is 23.8 Å². The number of hydrogen-bond acceptors (Lipinski definition) is 4. The van der Waals surface area contributed by atoms with Crippen LogP contribution in [0.3, 0.4) is 0 Å². The second kappa shape index (κ2) is 4.87. The molecule has 4 nitrogen and oxygen atoms in total. The zero-order chi connectivity index (χ0) is 13.2. The Labute approximate surface area is 107 Å². The van der Waals surface area contributed by atoms with Crippen LogP contribution in [0.2, 0.25) is 0 Å². The molecule has 2 rings (SSSR count). The first-order valence-electron chi connectivity index (χ1n) is 6.10. The minimum atomic E-state index is -0.0623. The Kier molecular flexibility index (Phi) is 3.44. The fourth-order valence-corrected chi connectivity index (χ4v) is 2.14. The van der Waals surface area contributed by atoms with Crippen LogP contribution in [0.15, 0.2) is 18.2 Å². The van der Waals surface area contributed by atoms with Gasteiger partial charge in [0.25, 0.3) is 0 Å². The lowest BCUT2D eigenvalue weighted by Crippen LogP contribution is -2.24. The minimum Gasteiger partial charge on any atom is -0.489 e. The highest BCUT2D eigenvalue weighted by atomic mass is 16.6. The molecule has 1 saturated heterocycles. The topological polar surface area (TPSA) is 68.3 Å². The molecule has 1 aliphatic heterocycles. The number of nitriles is 1. The van der Waals surface area contributed by atoms with E-state index in [4.69, 9.17) is 20.5 Å². The number of ether oxygens (including phenoxy) is 2. The fourth-order valence-electron chi connectivity index (χ4n) is 2.14. The van der Waals surface area contributed by atoms with E-state index < -0.39 is 0 Å². The van der Waals surface area contributed by atoms with Gasteiger partial charge in [-0.2, -0.15) is 5.26 Å². The van der Waals surface area contributed by atoms with Crippen molar-refractivity contribution in [1.29, 1.82) is 5.26 Å². The lowest BCUT2D eigenvalue weighted by molar-refractivity contribution is -0.0326. The molecule has 1 aliphatic rings. The predicted octanol–water partition coefficient (Wildman–Crippen LogP) is 2.48. The number of nitrogen functional groups attached to an aromatic ring is 1. The van der Waals surface area contributed by atoms with Gasteiger partial charge in [-0.1, -0.05) is 0 Å². The molecule has 0 radical (unpaired) electrons. The van der Waals surface area contributed by atoms with Crippen LogP contribution in [-0.2, 0) is 4.74 Å². The Morgan fingerprint density at radius 1 is 1.56 bits per heavy atom. The van der Waals surface area contributed by atoms with E-state index >= 15 is 0 Å². The summed E-state index contributed by atoms with van der Waals surface area (Å²) in [5.41, 5.74) is 6.60. The minimum absolute atomic E-state index is 0.0623. The second-order valence-corrected chi connectivity index (χ2v) is 5.22. The molecule has 0 saturated carbocycles. The third kappa shape index (κ3) is 2.93. The molecule has 1 atom stereocenters. The number of nitrogens with two attached hydrogens (primary N) is 1. The van der Waals surface area contributed by atoms with Gasteiger partial charge in [0.2, 0.25) is 0 Å². The molecular weight excluding hydrogens is 228 g/mol. The quantitative estimate of drug-likeness (QED) is 0.832. The van der Waals surface area contributed by atoms with Gasteiger partial charge in [0.1, 0.15) is 18.4 Å². The van der Waals surface area contributed by atoms with Crippen molar-refractivity contribution in [3.8, 4) is 11.8 Å². The van der Waals surface area contributed by atoms with Crippen molar-refractivity contribution < 1.29 is 9.47 Å². The normalized spacial score (nSPS) is 21.5. The van der Waals surface area contributed by atoms with Gasteiger partial charge in [-0.15, -0.1) is 0 Å². The molecule has 1 aromatic carbocycles. The van der Waals surface area contributed by atoms with Gasteiger partial charge in [0.05, 0.1) is 17.3 Å². The Morgan fingerprint density at radius 2 is 2.33 bits per heavy atom. The summed E-state index contributed by atoms with van der Waals surface area (Å²) in [6.07, 6.45) is 2.13. The summed E-state index contributed by atoms with van der Waals surface area (Å²) in [7, 11) is 0. The molecule has 1 unspecified atom stereocenters. The maximum absolute atomic E-state index is 9.00. The van der Waals surface area contributed by atoms with E-state index in [2.05, 4.69) is 19.9 Å². The summed E-state index contributed by atoms with van der Waals surface area (Å²) in [5.74, 6) is 0.569. The third-order valence-electron chi connectivity index (χ3n) is 3.10. The van der Waals surface area contributed by atoms with Gasteiger partial charge >= 0.3 is 0 Å². The van der Waals surface area contributed by atoms with Gasteiger partial charge in [-0.3, -0.25) is 0 Å². The number of benzene rings is 1. The summed E-state index contributed by atoms with van der Waals surface area (Å²) in [6.45, 7) is 4.63. The van der Waals surface area contributed by atoms with Crippen LogP contribution < -0.4 is 10.5 Å². The number of nitrogens with zero attached hydrogens (tertiary/aromatic N) is 1.